The van der Waals surface area contributed by atoms with Crippen molar-refractivity contribution < 1.29 is 23.9 Å². The van der Waals surface area contributed by atoms with Gasteiger partial charge in [-0.2, -0.15) is 0 Å². The summed E-state index contributed by atoms with van der Waals surface area (Å²) in [5.74, 6) is -2.50. The van der Waals surface area contributed by atoms with Crippen LogP contribution in [0.3, 0.4) is 0 Å². The highest BCUT2D eigenvalue weighted by Crippen LogP contribution is 2.41. The van der Waals surface area contributed by atoms with Crippen molar-refractivity contribution in [3.63, 3.8) is 0 Å². The van der Waals surface area contributed by atoms with E-state index in [-0.39, 0.29) is 24.5 Å². The van der Waals surface area contributed by atoms with Gasteiger partial charge in [-0.05, 0) is 32.2 Å². The Morgan fingerprint density at radius 1 is 1.29 bits per heavy atom. The number of allylic oxidation sites excluding steroid dienone is 1. The van der Waals surface area contributed by atoms with Gasteiger partial charge in [0.25, 0.3) is 0 Å². The molecule has 2 rings (SSSR count). The molecule has 0 aromatic carbocycles. The minimum absolute atomic E-state index is 0.00454. The second kappa shape index (κ2) is 8.01. The highest BCUT2D eigenvalue weighted by molar-refractivity contribution is 7.10. The third-order valence-electron chi connectivity index (χ3n) is 3.66. The standard InChI is InChI=1S/C17H19NO5S/c1-4-22-16(20)13-10(3)18-11(9-19)14(17(21)23-5-2)15(13)12-7-6-8-24-12/h6-9,13,15H,4-5H2,1-3H3. The molecule has 0 saturated carbocycles. The summed E-state index contributed by atoms with van der Waals surface area (Å²) in [6, 6.07) is 3.65. The molecular weight excluding hydrogens is 330 g/mol. The number of thiophene rings is 1. The average Bonchev–Trinajstić information content (AvgIpc) is 3.08. The summed E-state index contributed by atoms with van der Waals surface area (Å²) in [6.07, 6.45) is 0.526. The first kappa shape index (κ1) is 18.1. The van der Waals surface area contributed by atoms with E-state index < -0.39 is 23.8 Å². The van der Waals surface area contributed by atoms with Crippen LogP contribution < -0.4 is 0 Å². The molecule has 1 aromatic rings. The van der Waals surface area contributed by atoms with Crippen molar-refractivity contribution in [3.8, 4) is 0 Å². The quantitative estimate of drug-likeness (QED) is 0.582. The van der Waals surface area contributed by atoms with E-state index in [1.807, 2.05) is 17.5 Å². The number of rotatable bonds is 6. The first-order valence-corrected chi connectivity index (χ1v) is 8.54. The van der Waals surface area contributed by atoms with Crippen molar-refractivity contribution in [1.29, 1.82) is 0 Å². The van der Waals surface area contributed by atoms with Gasteiger partial charge in [-0.25, -0.2) is 4.79 Å². The van der Waals surface area contributed by atoms with E-state index in [1.165, 1.54) is 11.3 Å². The Kier molecular flexibility index (Phi) is 6.03. The van der Waals surface area contributed by atoms with Gasteiger partial charge in [-0.1, -0.05) is 6.07 Å². The molecule has 2 heterocycles. The van der Waals surface area contributed by atoms with E-state index in [0.717, 1.165) is 4.88 Å². The van der Waals surface area contributed by atoms with Crippen LogP contribution in [0.1, 0.15) is 31.6 Å². The number of hydrogen-bond donors (Lipinski definition) is 0. The van der Waals surface area contributed by atoms with E-state index in [9.17, 15) is 14.4 Å². The number of nitrogens with zero attached hydrogens (tertiary/aromatic N) is 1. The number of ether oxygens (including phenoxy) is 2. The molecule has 0 aliphatic carbocycles. The molecule has 0 N–H and O–H groups in total. The molecule has 1 aliphatic heterocycles. The predicted octanol–water partition coefficient (Wildman–Crippen LogP) is 2.50. The molecule has 128 valence electrons. The molecule has 0 radical (unpaired) electrons. The lowest BCUT2D eigenvalue weighted by molar-refractivity contribution is -0.146. The van der Waals surface area contributed by atoms with Crippen molar-refractivity contribution in [2.24, 2.45) is 10.9 Å². The van der Waals surface area contributed by atoms with Gasteiger partial charge < -0.3 is 9.47 Å². The van der Waals surface area contributed by atoms with Crippen LogP contribution in [0.25, 0.3) is 0 Å². The van der Waals surface area contributed by atoms with Crippen LogP contribution in [0.15, 0.2) is 33.8 Å². The molecular formula is C17H19NO5S. The van der Waals surface area contributed by atoms with Crippen LogP contribution in [0.2, 0.25) is 0 Å². The molecule has 0 saturated heterocycles. The number of aldehydes is 1. The fourth-order valence-corrected chi connectivity index (χ4v) is 3.60. The third-order valence-corrected chi connectivity index (χ3v) is 4.62. The minimum atomic E-state index is -0.758. The van der Waals surface area contributed by atoms with Crippen molar-refractivity contribution in [2.45, 2.75) is 26.7 Å². The molecule has 6 nitrogen and oxygen atoms in total. The Balaban J connectivity index is 2.61. The summed E-state index contributed by atoms with van der Waals surface area (Å²) < 4.78 is 10.3. The second-order valence-electron chi connectivity index (χ2n) is 5.11. The van der Waals surface area contributed by atoms with Crippen LogP contribution in [0, 0.1) is 5.92 Å². The topological polar surface area (TPSA) is 82.0 Å². The number of carbonyl (C=O) groups excluding carboxylic acids is 3. The fraction of sp³-hybridized carbons (Fsp3) is 0.412. The van der Waals surface area contributed by atoms with E-state index in [0.29, 0.717) is 12.0 Å². The minimum Gasteiger partial charge on any atom is -0.465 e. The normalized spacial score (nSPS) is 20.4. The number of carbonyl (C=O) groups is 3. The fourth-order valence-electron chi connectivity index (χ4n) is 2.73. The molecule has 7 heteroatoms. The second-order valence-corrected chi connectivity index (χ2v) is 6.09. The van der Waals surface area contributed by atoms with Crippen molar-refractivity contribution in [3.05, 3.63) is 33.7 Å². The van der Waals surface area contributed by atoms with Crippen LogP contribution in [-0.2, 0) is 23.9 Å². The third kappa shape index (κ3) is 3.46. The SMILES string of the molecule is CCOC(=O)C1=C(C=O)N=C(C)C(C(=O)OCC)C1c1cccs1. The van der Waals surface area contributed by atoms with Gasteiger partial charge >= 0.3 is 11.9 Å². The zero-order chi connectivity index (χ0) is 17.7. The van der Waals surface area contributed by atoms with Gasteiger partial charge in [0.15, 0.2) is 6.29 Å². The Morgan fingerprint density at radius 3 is 2.54 bits per heavy atom. The molecule has 1 aromatic heterocycles. The maximum atomic E-state index is 12.5. The highest BCUT2D eigenvalue weighted by atomic mass is 32.1. The molecule has 0 amide bonds. The van der Waals surface area contributed by atoms with Crippen LogP contribution in [0.5, 0.6) is 0 Å². The van der Waals surface area contributed by atoms with Gasteiger partial charge in [-0.3, -0.25) is 14.6 Å². The monoisotopic (exact) mass is 349 g/mol. The number of esters is 2. The lowest BCUT2D eigenvalue weighted by Gasteiger charge is -2.30. The average molecular weight is 349 g/mol. The zero-order valence-electron chi connectivity index (χ0n) is 13.8. The highest BCUT2D eigenvalue weighted by Gasteiger charge is 2.43. The lowest BCUT2D eigenvalue weighted by atomic mass is 9.79. The molecule has 0 fully saturated rings. The van der Waals surface area contributed by atoms with E-state index in [1.54, 1.807) is 20.8 Å². The van der Waals surface area contributed by atoms with Crippen molar-refractivity contribution in [1.82, 2.24) is 0 Å². The molecule has 1 aliphatic rings. The van der Waals surface area contributed by atoms with E-state index >= 15 is 0 Å². The molecule has 24 heavy (non-hydrogen) atoms. The van der Waals surface area contributed by atoms with Crippen molar-refractivity contribution in [2.75, 3.05) is 13.2 Å². The number of aliphatic imine (C=N–C) groups is 1. The molecule has 0 spiro atoms. The van der Waals surface area contributed by atoms with Gasteiger partial charge in [0.1, 0.15) is 11.6 Å². The summed E-state index contributed by atoms with van der Waals surface area (Å²) in [4.78, 5) is 41.3. The smallest absolute Gasteiger partial charge is 0.337 e. The first-order chi connectivity index (χ1) is 11.5. The van der Waals surface area contributed by atoms with Gasteiger partial charge in [0, 0.05) is 16.5 Å². The van der Waals surface area contributed by atoms with E-state index in [2.05, 4.69) is 4.99 Å². The van der Waals surface area contributed by atoms with Crippen molar-refractivity contribution >= 4 is 35.3 Å². The van der Waals surface area contributed by atoms with Crippen LogP contribution in [0.4, 0.5) is 0 Å². The number of hydrogen-bond acceptors (Lipinski definition) is 7. The van der Waals surface area contributed by atoms with Crippen LogP contribution >= 0.6 is 11.3 Å². The summed E-state index contributed by atoms with van der Waals surface area (Å²) in [5.41, 5.74) is 0.560. The molecule has 2 unspecified atom stereocenters. The Bertz CT molecular complexity index is 690. The Hall–Kier alpha value is -2.28. The summed E-state index contributed by atoms with van der Waals surface area (Å²) in [5, 5.41) is 1.85. The van der Waals surface area contributed by atoms with E-state index in [4.69, 9.17) is 9.47 Å². The maximum Gasteiger partial charge on any atom is 0.337 e. The van der Waals surface area contributed by atoms with Crippen LogP contribution in [-0.4, -0.2) is 37.2 Å². The predicted molar refractivity (Wildman–Crippen MR) is 90.0 cm³/mol. The van der Waals surface area contributed by atoms with Gasteiger partial charge in [0.05, 0.1) is 18.8 Å². The maximum absolute atomic E-state index is 12.5. The summed E-state index contributed by atoms with van der Waals surface area (Å²) >= 11 is 1.40. The molecule has 2 atom stereocenters. The summed E-state index contributed by atoms with van der Waals surface area (Å²) in [6.45, 7) is 5.44. The lowest BCUT2D eigenvalue weighted by Crippen LogP contribution is -2.36. The Labute approximate surface area is 144 Å². The zero-order valence-corrected chi connectivity index (χ0v) is 14.6. The summed E-state index contributed by atoms with van der Waals surface area (Å²) in [7, 11) is 0. The van der Waals surface area contributed by atoms with Gasteiger partial charge in [0.2, 0.25) is 0 Å². The first-order valence-electron chi connectivity index (χ1n) is 7.66. The Morgan fingerprint density at radius 2 is 2.00 bits per heavy atom. The largest absolute Gasteiger partial charge is 0.465 e. The van der Waals surface area contributed by atoms with Gasteiger partial charge in [-0.15, -0.1) is 11.3 Å². The molecule has 0 bridgehead atoms.